The Kier molecular flexibility index (Phi) is 9.41. The van der Waals surface area contributed by atoms with Crippen LogP contribution in [-0.2, 0) is 22.6 Å². The van der Waals surface area contributed by atoms with Gasteiger partial charge in [0.1, 0.15) is 16.9 Å². The van der Waals surface area contributed by atoms with E-state index in [-0.39, 0.29) is 41.8 Å². The molecule has 2 rings (SSSR count). The van der Waals surface area contributed by atoms with Crippen molar-refractivity contribution in [1.82, 2.24) is 10.3 Å². The topological polar surface area (TPSA) is 51.2 Å². The van der Waals surface area contributed by atoms with E-state index >= 15 is 0 Å². The van der Waals surface area contributed by atoms with Crippen LogP contribution in [0.3, 0.4) is 0 Å². The molecule has 0 bridgehead atoms. The van der Waals surface area contributed by atoms with Crippen LogP contribution in [0.5, 0.6) is 0 Å². The highest BCUT2D eigenvalue weighted by Gasteiger charge is 2.05. The number of aromatic nitrogens is 1. The second-order valence-corrected chi connectivity index (χ2v) is 6.05. The third kappa shape index (κ3) is 7.69. The van der Waals surface area contributed by atoms with Gasteiger partial charge in [-0.05, 0) is 48.4 Å². The SMILES string of the molecule is Cl.O=C(CNCCc1ccc(Cl)cc1)OCc1cc(Cl)nc(Cl)c1. The molecule has 4 nitrogen and oxygen atoms in total. The molecule has 2 aromatic rings. The fraction of sp³-hybridized carbons (Fsp3) is 0.250. The first kappa shape index (κ1) is 21.0. The van der Waals surface area contributed by atoms with Gasteiger partial charge >= 0.3 is 5.97 Å². The first-order chi connectivity index (χ1) is 11.0. The van der Waals surface area contributed by atoms with Crippen molar-refractivity contribution in [3.63, 3.8) is 0 Å². The van der Waals surface area contributed by atoms with Gasteiger partial charge in [-0.1, -0.05) is 46.9 Å². The van der Waals surface area contributed by atoms with Crippen LogP contribution in [0.2, 0.25) is 15.3 Å². The molecule has 0 fully saturated rings. The molecular formula is C16H16Cl4N2O2. The molecule has 0 radical (unpaired) electrons. The maximum absolute atomic E-state index is 11.7. The molecule has 0 saturated heterocycles. The molecule has 0 amide bonds. The van der Waals surface area contributed by atoms with Crippen LogP contribution in [0, 0.1) is 0 Å². The zero-order valence-electron chi connectivity index (χ0n) is 12.6. The summed E-state index contributed by atoms with van der Waals surface area (Å²) in [7, 11) is 0. The lowest BCUT2D eigenvalue weighted by atomic mass is 10.1. The van der Waals surface area contributed by atoms with Gasteiger partial charge in [-0.15, -0.1) is 12.4 Å². The van der Waals surface area contributed by atoms with Crippen LogP contribution in [0.25, 0.3) is 0 Å². The molecule has 0 unspecified atom stereocenters. The van der Waals surface area contributed by atoms with Crippen molar-refractivity contribution in [2.45, 2.75) is 13.0 Å². The molecule has 130 valence electrons. The summed E-state index contributed by atoms with van der Waals surface area (Å²) in [6, 6.07) is 10.8. The summed E-state index contributed by atoms with van der Waals surface area (Å²) < 4.78 is 5.14. The van der Waals surface area contributed by atoms with E-state index in [4.69, 9.17) is 39.5 Å². The van der Waals surface area contributed by atoms with Crippen LogP contribution >= 0.6 is 47.2 Å². The Morgan fingerprint density at radius 1 is 1.04 bits per heavy atom. The number of rotatable bonds is 7. The van der Waals surface area contributed by atoms with Gasteiger partial charge in [0.25, 0.3) is 0 Å². The quantitative estimate of drug-likeness (QED) is 0.419. The molecule has 1 heterocycles. The van der Waals surface area contributed by atoms with Crippen LogP contribution in [0.1, 0.15) is 11.1 Å². The molecule has 8 heteroatoms. The molecule has 0 aliphatic carbocycles. The van der Waals surface area contributed by atoms with Crippen molar-refractivity contribution in [3.05, 3.63) is 62.9 Å². The standard InChI is InChI=1S/C16H15Cl3N2O2.ClH/c17-13-3-1-11(2-4-13)5-6-20-9-16(22)23-10-12-7-14(18)21-15(19)8-12;/h1-4,7-8,20H,5-6,9-10H2;1H. The minimum absolute atomic E-state index is 0. The summed E-state index contributed by atoms with van der Waals surface area (Å²) in [5.74, 6) is -0.342. The first-order valence-corrected chi connectivity index (χ1v) is 8.09. The van der Waals surface area contributed by atoms with Crippen LogP contribution in [0.4, 0.5) is 0 Å². The van der Waals surface area contributed by atoms with Crippen molar-refractivity contribution >= 4 is 53.2 Å². The molecule has 1 aromatic heterocycles. The molecule has 1 aromatic carbocycles. The molecule has 0 spiro atoms. The van der Waals surface area contributed by atoms with Gasteiger partial charge in [-0.2, -0.15) is 0 Å². The Morgan fingerprint density at radius 3 is 2.29 bits per heavy atom. The van der Waals surface area contributed by atoms with Crippen molar-refractivity contribution in [3.8, 4) is 0 Å². The number of pyridine rings is 1. The van der Waals surface area contributed by atoms with E-state index in [1.165, 1.54) is 0 Å². The largest absolute Gasteiger partial charge is 0.460 e. The number of halogens is 4. The van der Waals surface area contributed by atoms with Crippen molar-refractivity contribution < 1.29 is 9.53 Å². The highest BCUT2D eigenvalue weighted by molar-refractivity contribution is 6.32. The van der Waals surface area contributed by atoms with Gasteiger partial charge in [-0.3, -0.25) is 4.79 Å². The average Bonchev–Trinajstić information content (AvgIpc) is 2.50. The number of esters is 1. The molecule has 0 atom stereocenters. The predicted octanol–water partition coefficient (Wildman–Crippen LogP) is 4.34. The summed E-state index contributed by atoms with van der Waals surface area (Å²) in [4.78, 5) is 15.5. The van der Waals surface area contributed by atoms with E-state index in [1.54, 1.807) is 12.1 Å². The van der Waals surface area contributed by atoms with E-state index in [9.17, 15) is 4.79 Å². The number of benzene rings is 1. The molecule has 24 heavy (non-hydrogen) atoms. The van der Waals surface area contributed by atoms with Gasteiger partial charge in [-0.25, -0.2) is 4.98 Å². The lowest BCUT2D eigenvalue weighted by Gasteiger charge is -2.07. The maximum Gasteiger partial charge on any atom is 0.320 e. The second kappa shape index (κ2) is 10.7. The van der Waals surface area contributed by atoms with Crippen molar-refractivity contribution in [2.24, 2.45) is 0 Å². The Hall–Kier alpha value is -1.04. The van der Waals surface area contributed by atoms with Gasteiger partial charge in [0.15, 0.2) is 0 Å². The zero-order chi connectivity index (χ0) is 16.7. The summed E-state index contributed by atoms with van der Waals surface area (Å²) in [5.41, 5.74) is 1.85. The smallest absolute Gasteiger partial charge is 0.320 e. The summed E-state index contributed by atoms with van der Waals surface area (Å²) in [6.45, 7) is 0.920. The number of hydrogen-bond donors (Lipinski definition) is 1. The van der Waals surface area contributed by atoms with Crippen molar-refractivity contribution in [2.75, 3.05) is 13.1 Å². The predicted molar refractivity (Wildman–Crippen MR) is 99.3 cm³/mol. The van der Waals surface area contributed by atoms with Crippen LogP contribution in [0.15, 0.2) is 36.4 Å². The number of ether oxygens (including phenoxy) is 1. The Morgan fingerprint density at radius 2 is 1.67 bits per heavy atom. The molecule has 0 saturated carbocycles. The third-order valence-electron chi connectivity index (χ3n) is 3.00. The third-order valence-corrected chi connectivity index (χ3v) is 3.63. The van der Waals surface area contributed by atoms with Crippen LogP contribution < -0.4 is 5.32 Å². The molecule has 0 aliphatic rings. The van der Waals surface area contributed by atoms with E-state index in [0.717, 1.165) is 12.0 Å². The average molecular weight is 410 g/mol. The maximum atomic E-state index is 11.7. The monoisotopic (exact) mass is 408 g/mol. The molecular weight excluding hydrogens is 394 g/mol. The zero-order valence-corrected chi connectivity index (χ0v) is 15.7. The fourth-order valence-electron chi connectivity index (χ4n) is 1.89. The van der Waals surface area contributed by atoms with Gasteiger partial charge in [0, 0.05) is 5.02 Å². The number of hydrogen-bond acceptors (Lipinski definition) is 4. The van der Waals surface area contributed by atoms with Gasteiger partial charge in [0.2, 0.25) is 0 Å². The lowest BCUT2D eigenvalue weighted by molar-refractivity contribution is -0.143. The molecule has 1 N–H and O–H groups in total. The van der Waals surface area contributed by atoms with Gasteiger partial charge < -0.3 is 10.1 Å². The number of nitrogens with zero attached hydrogens (tertiary/aromatic N) is 1. The first-order valence-electron chi connectivity index (χ1n) is 6.95. The minimum Gasteiger partial charge on any atom is -0.460 e. The number of carbonyl (C=O) groups is 1. The van der Waals surface area contributed by atoms with E-state index in [2.05, 4.69) is 10.3 Å². The second-order valence-electron chi connectivity index (χ2n) is 4.83. The normalized spacial score (nSPS) is 10.1. The summed E-state index contributed by atoms with van der Waals surface area (Å²) in [6.07, 6.45) is 0.806. The summed E-state index contributed by atoms with van der Waals surface area (Å²) >= 11 is 17.4. The Balaban J connectivity index is 0.00000288. The van der Waals surface area contributed by atoms with E-state index in [0.29, 0.717) is 17.1 Å². The molecule has 0 aliphatic heterocycles. The highest BCUT2D eigenvalue weighted by Crippen LogP contribution is 2.15. The van der Waals surface area contributed by atoms with Gasteiger partial charge in [0.05, 0.1) is 6.54 Å². The van der Waals surface area contributed by atoms with E-state index in [1.807, 2.05) is 24.3 Å². The fourth-order valence-corrected chi connectivity index (χ4v) is 2.52. The van der Waals surface area contributed by atoms with E-state index < -0.39 is 0 Å². The highest BCUT2D eigenvalue weighted by atomic mass is 35.5. The van der Waals surface area contributed by atoms with Crippen LogP contribution in [-0.4, -0.2) is 24.0 Å². The van der Waals surface area contributed by atoms with Crippen molar-refractivity contribution in [1.29, 1.82) is 0 Å². The number of nitrogens with one attached hydrogen (secondary N) is 1. The lowest BCUT2D eigenvalue weighted by Crippen LogP contribution is -2.26. The Bertz CT molecular complexity index is 645. The summed E-state index contributed by atoms with van der Waals surface area (Å²) in [5, 5.41) is 4.28. The Labute approximate surface area is 161 Å². The minimum atomic E-state index is -0.342. The number of carbonyl (C=O) groups excluding carboxylic acids is 1.